The monoisotopic (exact) mass is 1110 g/mol. The van der Waals surface area contributed by atoms with Crippen LogP contribution in [-0.4, -0.2) is 79.8 Å². The van der Waals surface area contributed by atoms with Crippen molar-refractivity contribution in [2.45, 2.75) is 347 Å². The molecule has 9 nitrogen and oxygen atoms in total. The molecule has 10 heteroatoms. The van der Waals surface area contributed by atoms with Gasteiger partial charge in [0.15, 0.2) is 0 Å². The first-order chi connectivity index (χ1) is 37.4. The van der Waals surface area contributed by atoms with E-state index in [1.165, 1.54) is 250 Å². The van der Waals surface area contributed by atoms with E-state index in [1.807, 2.05) is 21.1 Å². The number of phosphoric acid groups is 1. The van der Waals surface area contributed by atoms with Crippen molar-refractivity contribution < 1.29 is 38.0 Å². The summed E-state index contributed by atoms with van der Waals surface area (Å²) in [5.41, 5.74) is 0. The summed E-state index contributed by atoms with van der Waals surface area (Å²) in [4.78, 5) is 25.6. The highest BCUT2D eigenvalue weighted by atomic mass is 31.2. The number of likely N-dealkylation sites (N-methyl/N-ethyl adjacent to an activating group) is 1. The lowest BCUT2D eigenvalue weighted by molar-refractivity contribution is -0.870. The van der Waals surface area contributed by atoms with Crippen LogP contribution in [0, 0.1) is 0 Å². The zero-order chi connectivity index (χ0) is 56.4. The lowest BCUT2D eigenvalue weighted by Gasteiger charge is -2.31. The molecule has 0 aliphatic heterocycles. The number of aliphatic hydroxyl groups is 2. The quantitative estimate of drug-likeness (QED) is 0.0239. The van der Waals surface area contributed by atoms with Crippen LogP contribution in [0.2, 0.25) is 0 Å². The van der Waals surface area contributed by atoms with Gasteiger partial charge in [-0.3, -0.25) is 9.36 Å². The number of unbranched alkanes of at least 4 members (excludes halogenated alkanes) is 42. The molecule has 3 N–H and O–H groups in total. The van der Waals surface area contributed by atoms with Crippen LogP contribution >= 0.6 is 7.82 Å². The molecule has 0 aliphatic carbocycles. The minimum absolute atomic E-state index is 0.0472. The molecule has 4 atom stereocenters. The predicted molar refractivity (Wildman–Crippen MR) is 331 cm³/mol. The molecule has 0 rings (SSSR count). The van der Waals surface area contributed by atoms with Crippen molar-refractivity contribution in [2.24, 2.45) is 0 Å². The lowest BCUT2D eigenvalue weighted by atomic mass is 10.0. The van der Waals surface area contributed by atoms with Gasteiger partial charge in [-0.1, -0.05) is 281 Å². The van der Waals surface area contributed by atoms with Crippen LogP contribution in [-0.2, 0) is 18.4 Å². The molecule has 0 spiro atoms. The van der Waals surface area contributed by atoms with Crippen LogP contribution in [0.15, 0.2) is 36.5 Å². The number of amides is 1. The Morgan fingerprint density at radius 2 is 0.753 bits per heavy atom. The Hall–Kier alpha value is -1.32. The van der Waals surface area contributed by atoms with Crippen LogP contribution in [0.25, 0.3) is 0 Å². The van der Waals surface area contributed by atoms with Gasteiger partial charge in [0, 0.05) is 6.42 Å². The molecule has 0 saturated carbocycles. The minimum atomic E-state index is -4.68. The summed E-state index contributed by atoms with van der Waals surface area (Å²) in [5, 5.41) is 24.7. The summed E-state index contributed by atoms with van der Waals surface area (Å²) in [5.74, 6) is -0.287. The predicted octanol–water partition coefficient (Wildman–Crippen LogP) is 19.2. The smallest absolute Gasteiger partial charge is 0.268 e. The number of carbonyl (C=O) groups is 1. The molecule has 0 aromatic rings. The zero-order valence-corrected chi connectivity index (χ0v) is 52.7. The van der Waals surface area contributed by atoms with Gasteiger partial charge in [0.2, 0.25) is 5.91 Å². The van der Waals surface area contributed by atoms with Crippen molar-refractivity contribution in [1.82, 2.24) is 5.32 Å². The Morgan fingerprint density at radius 1 is 0.455 bits per heavy atom. The molecule has 77 heavy (non-hydrogen) atoms. The first-order valence-corrected chi connectivity index (χ1v) is 34.9. The van der Waals surface area contributed by atoms with E-state index in [0.717, 1.165) is 38.5 Å². The second-order valence-corrected chi connectivity index (χ2v) is 25.7. The van der Waals surface area contributed by atoms with E-state index >= 15 is 0 Å². The fourth-order valence-electron chi connectivity index (χ4n) is 10.2. The maximum atomic E-state index is 13.0. The molecule has 0 fully saturated rings. The van der Waals surface area contributed by atoms with Gasteiger partial charge in [0.1, 0.15) is 19.3 Å². The summed E-state index contributed by atoms with van der Waals surface area (Å²) in [6.45, 7) is 4.41. The number of aliphatic hydroxyl groups excluding tert-OH is 2. The van der Waals surface area contributed by atoms with E-state index in [2.05, 4.69) is 55.6 Å². The molecule has 0 heterocycles. The molecule has 4 unspecified atom stereocenters. The second kappa shape index (κ2) is 57.9. The topological polar surface area (TPSA) is 128 Å². The molecular weight excluding hydrogens is 976 g/mol. The zero-order valence-electron chi connectivity index (χ0n) is 51.8. The van der Waals surface area contributed by atoms with Gasteiger partial charge in [0.25, 0.3) is 7.82 Å². The Morgan fingerprint density at radius 3 is 1.12 bits per heavy atom. The van der Waals surface area contributed by atoms with Crippen molar-refractivity contribution in [3.05, 3.63) is 36.5 Å². The molecule has 0 saturated heterocycles. The van der Waals surface area contributed by atoms with E-state index < -0.39 is 32.7 Å². The maximum absolute atomic E-state index is 13.0. The SMILES string of the molecule is CCCCC/C=C/CC/C=C/CCCC(O)C(O)C(COP(=O)([O-])OCC[N+](C)(C)C)NC(=O)CCCCCCCCCCCCCCCCCCCCCCCCCCCCCCC/C=C\CCCCCCCCCC. The van der Waals surface area contributed by atoms with E-state index in [0.29, 0.717) is 30.3 Å². The molecule has 0 radical (unpaired) electrons. The second-order valence-electron chi connectivity index (χ2n) is 24.3. The molecular formula is C67H131N2O7P. The van der Waals surface area contributed by atoms with Crippen LogP contribution in [0.3, 0.4) is 0 Å². The van der Waals surface area contributed by atoms with E-state index in [9.17, 15) is 24.5 Å². The number of hydrogen-bond acceptors (Lipinski definition) is 7. The molecule has 1 amide bonds. The van der Waals surface area contributed by atoms with Crippen molar-refractivity contribution in [2.75, 3.05) is 40.9 Å². The third-order valence-corrected chi connectivity index (χ3v) is 16.4. The van der Waals surface area contributed by atoms with Crippen LogP contribution in [0.5, 0.6) is 0 Å². The van der Waals surface area contributed by atoms with Crippen LogP contribution in [0.4, 0.5) is 0 Å². The van der Waals surface area contributed by atoms with Gasteiger partial charge >= 0.3 is 0 Å². The van der Waals surface area contributed by atoms with Crippen molar-refractivity contribution >= 4 is 13.7 Å². The van der Waals surface area contributed by atoms with Gasteiger partial charge in [0.05, 0.1) is 39.9 Å². The van der Waals surface area contributed by atoms with Gasteiger partial charge in [-0.25, -0.2) is 0 Å². The average molecular weight is 1110 g/mol. The number of nitrogens with one attached hydrogen (secondary N) is 1. The summed E-state index contributed by atoms with van der Waals surface area (Å²) >= 11 is 0. The molecule has 456 valence electrons. The maximum Gasteiger partial charge on any atom is 0.268 e. The Bertz CT molecular complexity index is 1370. The minimum Gasteiger partial charge on any atom is -0.756 e. The van der Waals surface area contributed by atoms with Gasteiger partial charge in [-0.05, 0) is 77.0 Å². The number of nitrogens with zero attached hydrogens (tertiary/aromatic N) is 1. The number of rotatable bonds is 62. The van der Waals surface area contributed by atoms with E-state index in [4.69, 9.17) is 9.05 Å². The van der Waals surface area contributed by atoms with Gasteiger partial charge < -0.3 is 34.0 Å². The number of allylic oxidation sites excluding steroid dienone is 6. The van der Waals surface area contributed by atoms with Crippen LogP contribution < -0.4 is 10.2 Å². The highest BCUT2D eigenvalue weighted by Gasteiger charge is 2.29. The summed E-state index contributed by atoms with van der Waals surface area (Å²) < 4.78 is 23.3. The average Bonchev–Trinajstić information content (AvgIpc) is 3.39. The number of hydrogen-bond donors (Lipinski definition) is 3. The highest BCUT2D eigenvalue weighted by Crippen LogP contribution is 2.38. The molecule has 0 bridgehead atoms. The van der Waals surface area contributed by atoms with Crippen LogP contribution in [0.1, 0.15) is 328 Å². The van der Waals surface area contributed by atoms with Crippen molar-refractivity contribution in [3.8, 4) is 0 Å². The molecule has 0 aromatic carbocycles. The fourth-order valence-corrected chi connectivity index (χ4v) is 10.9. The number of carbonyl (C=O) groups excluding carboxylic acids is 1. The Labute approximate surface area is 479 Å². The molecule has 0 aromatic heterocycles. The third kappa shape index (κ3) is 59.1. The van der Waals surface area contributed by atoms with Gasteiger partial charge in [-0.15, -0.1) is 0 Å². The van der Waals surface area contributed by atoms with Gasteiger partial charge in [-0.2, -0.15) is 0 Å². The summed E-state index contributed by atoms with van der Waals surface area (Å²) in [6.07, 6.45) is 72.8. The highest BCUT2D eigenvalue weighted by molar-refractivity contribution is 7.45. The van der Waals surface area contributed by atoms with Crippen molar-refractivity contribution in [1.29, 1.82) is 0 Å². The Kier molecular flexibility index (Phi) is 56.9. The van der Waals surface area contributed by atoms with Crippen molar-refractivity contribution in [3.63, 3.8) is 0 Å². The van der Waals surface area contributed by atoms with E-state index in [1.54, 1.807) is 0 Å². The molecule has 0 aliphatic rings. The van der Waals surface area contributed by atoms with E-state index in [-0.39, 0.29) is 18.9 Å². The standard InChI is InChI=1S/C67H131N2O7P/c1-6-8-10-12-14-16-18-20-21-22-23-24-25-26-27-28-29-30-31-32-33-34-35-36-37-38-39-40-41-42-43-44-45-46-47-48-50-52-54-56-58-60-66(71)68-64(63-76-77(73,74)75-62-61-69(3,4)5)67(72)65(70)59-57-55-53-51-49-19-17-15-13-11-9-7-2/h15,17,22-23,51,53,64-65,67,70,72H,6-14,16,18-21,24-50,52,54-63H2,1-5H3,(H-,68,71,73,74)/b17-15+,23-22-,53-51+. The fraction of sp³-hybridized carbons (Fsp3) is 0.896. The summed E-state index contributed by atoms with van der Waals surface area (Å²) in [7, 11) is 1.11. The number of phosphoric ester groups is 1. The Balaban J connectivity index is 3.87. The first-order valence-electron chi connectivity index (χ1n) is 33.4. The largest absolute Gasteiger partial charge is 0.756 e. The number of quaternary nitrogens is 1. The third-order valence-electron chi connectivity index (χ3n) is 15.4. The first kappa shape index (κ1) is 75.7. The normalized spacial score (nSPS) is 14.3. The summed E-state index contributed by atoms with van der Waals surface area (Å²) in [6, 6.07) is -1.09. The lowest BCUT2D eigenvalue weighted by Crippen LogP contribution is -2.51.